The summed E-state index contributed by atoms with van der Waals surface area (Å²) < 4.78 is 5.89. The zero-order valence-corrected chi connectivity index (χ0v) is 15.9. The highest BCUT2D eigenvalue weighted by molar-refractivity contribution is 7.71. The summed E-state index contributed by atoms with van der Waals surface area (Å²) in [5.41, 5.74) is 0.422. The van der Waals surface area contributed by atoms with E-state index in [4.69, 9.17) is 17.0 Å². The van der Waals surface area contributed by atoms with Gasteiger partial charge in [0.15, 0.2) is 4.77 Å². The molecule has 0 aliphatic heterocycles. The van der Waals surface area contributed by atoms with E-state index in [2.05, 4.69) is 30.7 Å². The fourth-order valence-corrected chi connectivity index (χ4v) is 3.93. The number of ether oxygens (including phenoxy) is 1. The van der Waals surface area contributed by atoms with E-state index in [1.165, 1.54) is 0 Å². The molecular weight excluding hydrogens is 338 g/mol. The molecule has 2 N–H and O–H groups in total. The second-order valence-electron chi connectivity index (χ2n) is 7.46. The summed E-state index contributed by atoms with van der Waals surface area (Å²) in [5, 5.41) is 0.476. The predicted octanol–water partition coefficient (Wildman–Crippen LogP) is 2.86. The Labute approximate surface area is 151 Å². The fraction of sp³-hybridized carbons (Fsp3) is 0.500. The summed E-state index contributed by atoms with van der Waals surface area (Å²) in [6.07, 6.45) is 0.786. The molecule has 0 radical (unpaired) electrons. The third kappa shape index (κ3) is 2.62. The van der Waals surface area contributed by atoms with Crippen LogP contribution in [0.1, 0.15) is 37.6 Å². The number of methoxy groups -OCH3 is 1. The van der Waals surface area contributed by atoms with Crippen LogP contribution in [0.25, 0.3) is 10.9 Å². The average molecular weight is 361 g/mol. The van der Waals surface area contributed by atoms with Crippen molar-refractivity contribution in [3.63, 3.8) is 0 Å². The first-order valence-electron chi connectivity index (χ1n) is 8.19. The van der Waals surface area contributed by atoms with E-state index in [1.54, 1.807) is 30.2 Å². The number of amides is 1. The summed E-state index contributed by atoms with van der Waals surface area (Å²) >= 11 is 5.01. The van der Waals surface area contributed by atoms with E-state index < -0.39 is 0 Å². The normalized spacial score (nSPS) is 24.8. The number of H-pyrrole nitrogens is 2. The van der Waals surface area contributed by atoms with Gasteiger partial charge in [-0.25, -0.2) is 0 Å². The highest BCUT2D eigenvalue weighted by Crippen LogP contribution is 2.53. The van der Waals surface area contributed by atoms with Gasteiger partial charge in [0.2, 0.25) is 0 Å². The molecule has 134 valence electrons. The first kappa shape index (κ1) is 17.8. The highest BCUT2D eigenvalue weighted by Gasteiger charge is 2.59. The van der Waals surface area contributed by atoms with Crippen molar-refractivity contribution in [1.29, 1.82) is 0 Å². The highest BCUT2D eigenvalue weighted by atomic mass is 32.1. The first-order chi connectivity index (χ1) is 11.6. The lowest BCUT2D eigenvalue weighted by Gasteiger charge is -2.61. The number of carbonyl (C=O) groups is 1. The molecule has 1 amide bonds. The molecule has 1 aliphatic carbocycles. The lowest BCUT2D eigenvalue weighted by atomic mass is 9.55. The summed E-state index contributed by atoms with van der Waals surface area (Å²) in [4.78, 5) is 32.1. The van der Waals surface area contributed by atoms with E-state index in [0.717, 1.165) is 6.42 Å². The van der Waals surface area contributed by atoms with Gasteiger partial charge in [0.05, 0.1) is 16.5 Å². The molecule has 2 aromatic rings. The van der Waals surface area contributed by atoms with Crippen LogP contribution in [0, 0.1) is 10.2 Å². The molecule has 1 aromatic carbocycles. The largest absolute Gasteiger partial charge is 0.378 e. The van der Waals surface area contributed by atoms with E-state index >= 15 is 0 Å². The Morgan fingerprint density at radius 1 is 1.32 bits per heavy atom. The maximum absolute atomic E-state index is 12.9. The number of aromatic amines is 2. The minimum absolute atomic E-state index is 0.0818. The van der Waals surface area contributed by atoms with Gasteiger partial charge < -0.3 is 14.6 Å². The third-order valence-corrected chi connectivity index (χ3v) is 6.21. The zero-order chi connectivity index (χ0) is 18.6. The van der Waals surface area contributed by atoms with E-state index in [0.29, 0.717) is 16.5 Å². The number of benzene rings is 1. The second-order valence-corrected chi connectivity index (χ2v) is 7.87. The van der Waals surface area contributed by atoms with Crippen molar-refractivity contribution in [3.8, 4) is 0 Å². The Morgan fingerprint density at radius 2 is 2.00 bits per heavy atom. The van der Waals surface area contributed by atoms with Crippen LogP contribution in [0.3, 0.4) is 0 Å². The van der Waals surface area contributed by atoms with Gasteiger partial charge in [0, 0.05) is 31.2 Å². The average Bonchev–Trinajstić information content (AvgIpc) is 2.57. The second kappa shape index (κ2) is 5.78. The van der Waals surface area contributed by atoms with Crippen LogP contribution in [0.2, 0.25) is 0 Å². The maximum atomic E-state index is 12.9. The van der Waals surface area contributed by atoms with Crippen molar-refractivity contribution in [1.82, 2.24) is 14.9 Å². The van der Waals surface area contributed by atoms with Crippen molar-refractivity contribution in [3.05, 3.63) is 38.9 Å². The summed E-state index contributed by atoms with van der Waals surface area (Å²) in [7, 11) is 3.52. The maximum Gasteiger partial charge on any atom is 0.259 e. The number of rotatable bonds is 3. The van der Waals surface area contributed by atoms with Crippen molar-refractivity contribution < 1.29 is 9.53 Å². The number of hydrogen-bond donors (Lipinski definition) is 2. The lowest BCUT2D eigenvalue weighted by molar-refractivity contribution is -0.198. The quantitative estimate of drug-likeness (QED) is 0.824. The Bertz CT molecular complexity index is 962. The number of fused-ring (bicyclic) bond motifs is 1. The lowest BCUT2D eigenvalue weighted by Crippen LogP contribution is -2.68. The van der Waals surface area contributed by atoms with Crippen molar-refractivity contribution >= 4 is 29.0 Å². The van der Waals surface area contributed by atoms with Crippen LogP contribution in [0.5, 0.6) is 0 Å². The van der Waals surface area contributed by atoms with Gasteiger partial charge in [-0.15, -0.1) is 0 Å². The van der Waals surface area contributed by atoms with Crippen LogP contribution >= 0.6 is 12.2 Å². The Balaban J connectivity index is 1.92. The number of carbonyl (C=O) groups excluding carboxylic acids is 1. The van der Waals surface area contributed by atoms with Crippen molar-refractivity contribution in [2.45, 2.75) is 38.8 Å². The van der Waals surface area contributed by atoms with E-state index in [9.17, 15) is 9.59 Å². The van der Waals surface area contributed by atoms with E-state index in [1.807, 2.05) is 7.05 Å². The van der Waals surface area contributed by atoms with Gasteiger partial charge in [-0.3, -0.25) is 14.6 Å². The summed E-state index contributed by atoms with van der Waals surface area (Å²) in [5.74, 6) is -0.0854. The molecule has 0 saturated heterocycles. The van der Waals surface area contributed by atoms with Gasteiger partial charge >= 0.3 is 0 Å². The third-order valence-electron chi connectivity index (χ3n) is 6.00. The SMILES string of the molecule is CO[C@]1(C)C[C@@H](N(C)C(=O)c2ccc3c(=O)[nH]c(=S)[nH]c3c2)C1(C)C. The summed E-state index contributed by atoms with van der Waals surface area (Å²) in [6.45, 7) is 6.31. The summed E-state index contributed by atoms with van der Waals surface area (Å²) in [6, 6.07) is 5.08. The minimum atomic E-state index is -0.262. The van der Waals surface area contributed by atoms with Gasteiger partial charge in [-0.05, 0) is 43.8 Å². The molecule has 1 aliphatic rings. The number of hydrogen-bond acceptors (Lipinski definition) is 4. The molecule has 1 fully saturated rings. The van der Waals surface area contributed by atoms with Crippen LogP contribution in [0.15, 0.2) is 23.0 Å². The van der Waals surface area contributed by atoms with Crippen molar-refractivity contribution in [2.24, 2.45) is 5.41 Å². The van der Waals surface area contributed by atoms with E-state index in [-0.39, 0.29) is 33.3 Å². The minimum Gasteiger partial charge on any atom is -0.378 e. The Kier molecular flexibility index (Phi) is 4.12. The van der Waals surface area contributed by atoms with Gasteiger partial charge in [-0.2, -0.15) is 0 Å². The standard InChI is InChI=1S/C18H23N3O3S/c1-17(2)13(9-18(17,3)24-5)21(4)15(23)10-6-7-11-12(8-10)19-16(25)20-14(11)22/h6-8,13H,9H2,1-5H3,(H2,19,20,22,25)/t13-,18-/m1/s1. The molecule has 1 aromatic heterocycles. The molecule has 3 rings (SSSR count). The molecule has 1 heterocycles. The number of aromatic nitrogens is 2. The van der Waals surface area contributed by atoms with Crippen LogP contribution in [-0.4, -0.2) is 46.6 Å². The molecule has 25 heavy (non-hydrogen) atoms. The van der Waals surface area contributed by atoms with Gasteiger partial charge in [0.25, 0.3) is 11.5 Å². The zero-order valence-electron chi connectivity index (χ0n) is 15.1. The predicted molar refractivity (Wildman–Crippen MR) is 99.4 cm³/mol. The molecule has 1 saturated carbocycles. The molecule has 0 unspecified atom stereocenters. The van der Waals surface area contributed by atoms with Gasteiger partial charge in [-0.1, -0.05) is 13.8 Å². The number of nitrogens with zero attached hydrogens (tertiary/aromatic N) is 1. The topological polar surface area (TPSA) is 78.2 Å². The van der Waals surface area contributed by atoms with Gasteiger partial charge in [0.1, 0.15) is 0 Å². The monoisotopic (exact) mass is 361 g/mol. The van der Waals surface area contributed by atoms with Crippen LogP contribution in [0.4, 0.5) is 0 Å². The Morgan fingerprint density at radius 3 is 2.60 bits per heavy atom. The fourth-order valence-electron chi connectivity index (χ4n) is 3.72. The van der Waals surface area contributed by atoms with Crippen LogP contribution in [-0.2, 0) is 4.74 Å². The molecule has 0 spiro atoms. The molecule has 6 nitrogen and oxygen atoms in total. The van der Waals surface area contributed by atoms with Crippen LogP contribution < -0.4 is 5.56 Å². The number of nitrogens with one attached hydrogen (secondary N) is 2. The Hall–Kier alpha value is -1.99. The molecule has 7 heteroatoms. The molecular formula is C18H23N3O3S. The van der Waals surface area contributed by atoms with Crippen molar-refractivity contribution in [2.75, 3.05) is 14.2 Å². The molecule has 0 bridgehead atoms. The first-order valence-corrected chi connectivity index (χ1v) is 8.60. The molecule has 2 atom stereocenters. The smallest absolute Gasteiger partial charge is 0.259 e.